The van der Waals surface area contributed by atoms with Gasteiger partial charge < -0.3 is 14.5 Å². The zero-order chi connectivity index (χ0) is 13.8. The number of aromatic nitrogens is 2. The Morgan fingerprint density at radius 3 is 2.79 bits per heavy atom. The molecule has 1 unspecified atom stereocenters. The number of methoxy groups -OCH3 is 1. The van der Waals surface area contributed by atoms with Gasteiger partial charge in [0.15, 0.2) is 5.75 Å². The first kappa shape index (κ1) is 13.7. The summed E-state index contributed by atoms with van der Waals surface area (Å²) in [7, 11) is 1.66. The molecule has 5 nitrogen and oxygen atoms in total. The quantitative estimate of drug-likeness (QED) is 0.870. The molecule has 0 aromatic carbocycles. The second-order valence-electron chi connectivity index (χ2n) is 4.64. The smallest absolute Gasteiger partial charge is 0.162 e. The van der Waals surface area contributed by atoms with Crippen LogP contribution in [0, 0.1) is 0 Å². The van der Waals surface area contributed by atoms with Crippen molar-refractivity contribution < 1.29 is 9.15 Å². The van der Waals surface area contributed by atoms with E-state index in [1.807, 2.05) is 16.8 Å². The van der Waals surface area contributed by atoms with Crippen LogP contribution in [0.15, 0.2) is 29.0 Å². The van der Waals surface area contributed by atoms with Crippen molar-refractivity contribution >= 4 is 0 Å². The summed E-state index contributed by atoms with van der Waals surface area (Å²) in [4.78, 5) is 0. The molecule has 0 bridgehead atoms. The Morgan fingerprint density at radius 2 is 2.26 bits per heavy atom. The molecule has 2 heterocycles. The average Bonchev–Trinajstić information content (AvgIpc) is 3.04. The summed E-state index contributed by atoms with van der Waals surface area (Å²) in [6.07, 6.45) is 3.44. The minimum absolute atomic E-state index is 0.0557. The number of nitrogens with one attached hydrogen (secondary N) is 1. The summed E-state index contributed by atoms with van der Waals surface area (Å²) in [6, 6.07) is 4.06. The lowest BCUT2D eigenvalue weighted by atomic mass is 10.1. The number of nitrogens with zero attached hydrogens (tertiary/aromatic N) is 2. The van der Waals surface area contributed by atoms with E-state index in [9.17, 15) is 0 Å². The van der Waals surface area contributed by atoms with Crippen LogP contribution < -0.4 is 10.1 Å². The minimum atomic E-state index is -0.0557. The molecule has 0 spiro atoms. The van der Waals surface area contributed by atoms with E-state index in [-0.39, 0.29) is 12.1 Å². The summed E-state index contributed by atoms with van der Waals surface area (Å²) < 4.78 is 13.0. The molecule has 2 aromatic rings. The van der Waals surface area contributed by atoms with Crippen LogP contribution in [-0.4, -0.2) is 23.4 Å². The largest absolute Gasteiger partial charge is 0.493 e. The Balaban J connectivity index is 2.49. The van der Waals surface area contributed by atoms with Crippen LogP contribution in [0.1, 0.15) is 44.3 Å². The van der Waals surface area contributed by atoms with Crippen LogP contribution in [-0.2, 0) is 0 Å². The van der Waals surface area contributed by atoms with Gasteiger partial charge in [-0.2, -0.15) is 5.10 Å². The molecule has 2 rings (SSSR count). The molecule has 104 valence electrons. The second-order valence-corrected chi connectivity index (χ2v) is 4.64. The predicted molar refractivity (Wildman–Crippen MR) is 73.4 cm³/mol. The van der Waals surface area contributed by atoms with Crippen molar-refractivity contribution in [2.24, 2.45) is 0 Å². The summed E-state index contributed by atoms with van der Waals surface area (Å²) in [5.74, 6) is 1.64. The van der Waals surface area contributed by atoms with Gasteiger partial charge in [0.2, 0.25) is 0 Å². The maximum absolute atomic E-state index is 5.55. The summed E-state index contributed by atoms with van der Waals surface area (Å²) in [5, 5.41) is 7.83. The lowest BCUT2D eigenvalue weighted by Crippen LogP contribution is -2.25. The van der Waals surface area contributed by atoms with Crippen LogP contribution in [0.5, 0.6) is 5.75 Å². The monoisotopic (exact) mass is 263 g/mol. The van der Waals surface area contributed by atoms with Crippen molar-refractivity contribution in [1.82, 2.24) is 15.1 Å². The summed E-state index contributed by atoms with van der Waals surface area (Å²) >= 11 is 0. The first-order valence-corrected chi connectivity index (χ1v) is 6.57. The third-order valence-electron chi connectivity index (χ3n) is 3.02. The molecule has 0 aliphatic heterocycles. The van der Waals surface area contributed by atoms with Crippen LogP contribution in [0.25, 0.3) is 0 Å². The van der Waals surface area contributed by atoms with Gasteiger partial charge >= 0.3 is 0 Å². The van der Waals surface area contributed by atoms with E-state index >= 15 is 0 Å². The molecule has 1 N–H and O–H groups in total. The Kier molecular flexibility index (Phi) is 4.27. The Bertz CT molecular complexity index is 503. The van der Waals surface area contributed by atoms with Gasteiger partial charge in [0, 0.05) is 6.04 Å². The van der Waals surface area contributed by atoms with Crippen molar-refractivity contribution in [3.8, 4) is 5.75 Å². The Hall–Kier alpha value is -1.75. The molecule has 0 saturated carbocycles. The van der Waals surface area contributed by atoms with Crippen LogP contribution >= 0.6 is 0 Å². The number of furan rings is 1. The Labute approximate surface area is 113 Å². The van der Waals surface area contributed by atoms with E-state index in [1.165, 1.54) is 0 Å². The topological polar surface area (TPSA) is 52.2 Å². The van der Waals surface area contributed by atoms with E-state index in [0.717, 1.165) is 23.7 Å². The average molecular weight is 263 g/mol. The van der Waals surface area contributed by atoms with Crippen LogP contribution in [0.3, 0.4) is 0 Å². The van der Waals surface area contributed by atoms with Gasteiger partial charge in [-0.05, 0) is 32.5 Å². The third-order valence-corrected chi connectivity index (χ3v) is 3.02. The van der Waals surface area contributed by atoms with Gasteiger partial charge in [-0.1, -0.05) is 6.92 Å². The molecule has 2 aromatic heterocycles. The molecule has 1 atom stereocenters. The van der Waals surface area contributed by atoms with Crippen LogP contribution in [0.4, 0.5) is 0 Å². The van der Waals surface area contributed by atoms with Gasteiger partial charge in [-0.25, -0.2) is 0 Å². The number of rotatable bonds is 6. The van der Waals surface area contributed by atoms with Crippen molar-refractivity contribution in [3.05, 3.63) is 36.0 Å². The molecule has 19 heavy (non-hydrogen) atoms. The van der Waals surface area contributed by atoms with E-state index in [0.29, 0.717) is 0 Å². The molecular formula is C14H21N3O2. The van der Waals surface area contributed by atoms with E-state index in [2.05, 4.69) is 31.2 Å². The van der Waals surface area contributed by atoms with Gasteiger partial charge in [0.25, 0.3) is 0 Å². The molecule has 0 aliphatic rings. The zero-order valence-corrected chi connectivity index (χ0v) is 11.9. The maximum Gasteiger partial charge on any atom is 0.162 e. The molecule has 0 fully saturated rings. The molecule has 0 amide bonds. The normalized spacial score (nSPS) is 12.9. The van der Waals surface area contributed by atoms with Crippen molar-refractivity contribution in [2.45, 2.75) is 32.9 Å². The van der Waals surface area contributed by atoms with Gasteiger partial charge in [0.05, 0.1) is 19.6 Å². The lowest BCUT2D eigenvalue weighted by Gasteiger charge is -2.20. The molecule has 0 aliphatic carbocycles. The minimum Gasteiger partial charge on any atom is -0.493 e. The van der Waals surface area contributed by atoms with Gasteiger partial charge in [-0.3, -0.25) is 4.68 Å². The third kappa shape index (κ3) is 2.66. The first-order chi connectivity index (χ1) is 9.19. The molecular weight excluding hydrogens is 242 g/mol. The van der Waals surface area contributed by atoms with E-state index in [4.69, 9.17) is 9.15 Å². The highest BCUT2D eigenvalue weighted by atomic mass is 16.5. The summed E-state index contributed by atoms with van der Waals surface area (Å²) in [5.41, 5.74) is 0.995. The van der Waals surface area contributed by atoms with Crippen LogP contribution in [0.2, 0.25) is 0 Å². The molecule has 0 radical (unpaired) electrons. The SMILES string of the molecule is CCNC(c1ccco1)c1c(OC)cnn1C(C)C. The van der Waals surface area contributed by atoms with Gasteiger partial charge in [-0.15, -0.1) is 0 Å². The number of ether oxygens (including phenoxy) is 1. The number of hydrogen-bond donors (Lipinski definition) is 1. The summed E-state index contributed by atoms with van der Waals surface area (Å²) in [6.45, 7) is 7.10. The fourth-order valence-electron chi connectivity index (χ4n) is 2.19. The maximum atomic E-state index is 5.55. The highest BCUT2D eigenvalue weighted by Crippen LogP contribution is 2.31. The highest BCUT2D eigenvalue weighted by Gasteiger charge is 2.25. The predicted octanol–water partition coefficient (Wildman–Crippen LogP) is 2.76. The highest BCUT2D eigenvalue weighted by molar-refractivity contribution is 5.33. The fourth-order valence-corrected chi connectivity index (χ4v) is 2.19. The van der Waals surface area contributed by atoms with E-state index in [1.54, 1.807) is 19.6 Å². The van der Waals surface area contributed by atoms with Crippen molar-refractivity contribution in [3.63, 3.8) is 0 Å². The van der Waals surface area contributed by atoms with Gasteiger partial charge in [0.1, 0.15) is 17.5 Å². The standard InChI is InChI=1S/C14H21N3O2/c1-5-15-13(11-7-6-8-19-11)14-12(18-4)9-16-17(14)10(2)3/h6-10,13,15H,5H2,1-4H3. The zero-order valence-electron chi connectivity index (χ0n) is 11.9. The van der Waals surface area contributed by atoms with Crippen molar-refractivity contribution in [2.75, 3.05) is 13.7 Å². The second kappa shape index (κ2) is 5.93. The first-order valence-electron chi connectivity index (χ1n) is 6.57. The van der Waals surface area contributed by atoms with Crippen molar-refractivity contribution in [1.29, 1.82) is 0 Å². The Morgan fingerprint density at radius 1 is 1.47 bits per heavy atom. The fraction of sp³-hybridized carbons (Fsp3) is 0.500. The number of hydrogen-bond acceptors (Lipinski definition) is 4. The molecule has 0 saturated heterocycles. The van der Waals surface area contributed by atoms with E-state index < -0.39 is 0 Å². The molecule has 5 heteroatoms. The lowest BCUT2D eigenvalue weighted by molar-refractivity contribution is 0.377.